The Kier molecular flexibility index (Phi) is 5.66. The number of nitriles is 1. The summed E-state index contributed by atoms with van der Waals surface area (Å²) in [5, 5.41) is 32.0. The van der Waals surface area contributed by atoms with Crippen molar-refractivity contribution in [2.75, 3.05) is 13.7 Å². The van der Waals surface area contributed by atoms with Crippen molar-refractivity contribution in [2.24, 2.45) is 0 Å². The molecule has 0 saturated heterocycles. The SMILES string of the molecule is C=CCNC(=O)/C(C#N)=C/c1cc(OC)c(O)c([N+](=O)[O-])c1. The third-order valence-corrected chi connectivity index (χ3v) is 2.58. The number of hydrogen-bond donors (Lipinski definition) is 2. The fourth-order valence-corrected chi connectivity index (χ4v) is 1.57. The van der Waals surface area contributed by atoms with E-state index in [-0.39, 0.29) is 23.4 Å². The van der Waals surface area contributed by atoms with E-state index < -0.39 is 22.3 Å². The maximum Gasteiger partial charge on any atom is 0.315 e. The number of benzene rings is 1. The molecule has 22 heavy (non-hydrogen) atoms. The number of aromatic hydroxyl groups is 1. The van der Waals surface area contributed by atoms with Gasteiger partial charge in [-0.05, 0) is 17.7 Å². The second-order valence-corrected chi connectivity index (χ2v) is 4.02. The number of nitrogens with zero attached hydrogens (tertiary/aromatic N) is 2. The molecule has 0 aliphatic carbocycles. The smallest absolute Gasteiger partial charge is 0.315 e. The molecule has 0 saturated carbocycles. The van der Waals surface area contributed by atoms with Gasteiger partial charge in [-0.3, -0.25) is 14.9 Å². The zero-order valence-corrected chi connectivity index (χ0v) is 11.7. The summed E-state index contributed by atoms with van der Waals surface area (Å²) in [4.78, 5) is 21.8. The van der Waals surface area contributed by atoms with E-state index in [1.54, 1.807) is 6.07 Å². The normalized spacial score (nSPS) is 10.5. The van der Waals surface area contributed by atoms with Gasteiger partial charge in [0.05, 0.1) is 12.0 Å². The average molecular weight is 303 g/mol. The van der Waals surface area contributed by atoms with Gasteiger partial charge < -0.3 is 15.2 Å². The molecule has 0 radical (unpaired) electrons. The van der Waals surface area contributed by atoms with Crippen molar-refractivity contribution in [3.8, 4) is 17.6 Å². The summed E-state index contributed by atoms with van der Waals surface area (Å²) in [6.07, 6.45) is 2.61. The average Bonchev–Trinajstić information content (AvgIpc) is 2.50. The lowest BCUT2D eigenvalue weighted by atomic mass is 10.1. The Morgan fingerprint density at radius 1 is 1.64 bits per heavy atom. The lowest BCUT2D eigenvalue weighted by Crippen LogP contribution is -2.24. The second kappa shape index (κ2) is 7.44. The number of ether oxygens (including phenoxy) is 1. The van der Waals surface area contributed by atoms with Gasteiger partial charge in [0.1, 0.15) is 11.6 Å². The molecule has 8 nitrogen and oxygen atoms in total. The molecule has 0 aromatic heterocycles. The zero-order chi connectivity index (χ0) is 16.7. The van der Waals surface area contributed by atoms with Gasteiger partial charge in [-0.1, -0.05) is 6.08 Å². The number of phenols is 1. The number of nitro groups is 1. The van der Waals surface area contributed by atoms with Crippen LogP contribution >= 0.6 is 0 Å². The molecule has 1 rings (SSSR count). The molecule has 1 aromatic carbocycles. The Morgan fingerprint density at radius 3 is 2.82 bits per heavy atom. The van der Waals surface area contributed by atoms with Crippen LogP contribution in [-0.2, 0) is 4.79 Å². The summed E-state index contributed by atoms with van der Waals surface area (Å²) >= 11 is 0. The first-order chi connectivity index (χ1) is 10.4. The van der Waals surface area contributed by atoms with Crippen LogP contribution in [0.4, 0.5) is 5.69 Å². The van der Waals surface area contributed by atoms with Gasteiger partial charge in [0.2, 0.25) is 5.75 Å². The number of carbonyl (C=O) groups excluding carboxylic acids is 1. The first-order valence-corrected chi connectivity index (χ1v) is 6.00. The molecule has 0 aliphatic rings. The van der Waals surface area contributed by atoms with E-state index in [4.69, 9.17) is 10.00 Å². The van der Waals surface area contributed by atoms with Crippen molar-refractivity contribution >= 4 is 17.7 Å². The molecule has 0 atom stereocenters. The van der Waals surface area contributed by atoms with Crippen LogP contribution in [0, 0.1) is 21.4 Å². The van der Waals surface area contributed by atoms with Crippen molar-refractivity contribution in [1.29, 1.82) is 5.26 Å². The van der Waals surface area contributed by atoms with Crippen LogP contribution in [-0.4, -0.2) is 29.6 Å². The molecule has 0 heterocycles. The fraction of sp³-hybridized carbons (Fsp3) is 0.143. The Morgan fingerprint density at radius 2 is 2.32 bits per heavy atom. The predicted octanol–water partition coefficient (Wildman–Crippen LogP) is 1.52. The summed E-state index contributed by atoms with van der Waals surface area (Å²) in [6, 6.07) is 4.02. The van der Waals surface area contributed by atoms with Crippen molar-refractivity contribution < 1.29 is 19.6 Å². The summed E-state index contributed by atoms with van der Waals surface area (Å²) < 4.78 is 4.84. The number of phenolic OH excluding ortho intramolecular Hbond substituents is 1. The van der Waals surface area contributed by atoms with Crippen LogP contribution in [0.1, 0.15) is 5.56 Å². The van der Waals surface area contributed by atoms with E-state index in [9.17, 15) is 20.0 Å². The Balaban J connectivity index is 3.30. The number of hydrogen-bond acceptors (Lipinski definition) is 6. The minimum atomic E-state index is -0.793. The third kappa shape index (κ3) is 3.83. The minimum absolute atomic E-state index is 0.135. The monoisotopic (exact) mass is 303 g/mol. The van der Waals surface area contributed by atoms with E-state index >= 15 is 0 Å². The molecule has 8 heteroatoms. The molecule has 0 bridgehead atoms. The summed E-state index contributed by atoms with van der Waals surface area (Å²) in [5.74, 6) is -1.40. The topological polar surface area (TPSA) is 125 Å². The number of rotatable bonds is 6. The highest BCUT2D eigenvalue weighted by Crippen LogP contribution is 2.37. The van der Waals surface area contributed by atoms with Gasteiger partial charge >= 0.3 is 5.69 Å². The third-order valence-electron chi connectivity index (χ3n) is 2.58. The second-order valence-electron chi connectivity index (χ2n) is 4.02. The van der Waals surface area contributed by atoms with Crippen molar-refractivity contribution in [3.63, 3.8) is 0 Å². The molecule has 1 aromatic rings. The molecular formula is C14H13N3O5. The molecular weight excluding hydrogens is 290 g/mol. The van der Waals surface area contributed by atoms with Crippen LogP contribution in [0.15, 0.2) is 30.4 Å². The number of nitro benzene ring substituents is 1. The standard InChI is InChI=1S/C14H13N3O5/c1-3-4-16-14(19)10(8-15)5-9-6-11(17(20)21)13(18)12(7-9)22-2/h3,5-7,18H,1,4H2,2H3,(H,16,19)/b10-5+. The summed E-state index contributed by atoms with van der Waals surface area (Å²) in [6.45, 7) is 3.61. The highest BCUT2D eigenvalue weighted by molar-refractivity contribution is 6.01. The molecule has 0 fully saturated rings. The predicted molar refractivity (Wildman–Crippen MR) is 78.1 cm³/mol. The molecule has 1 amide bonds. The lowest BCUT2D eigenvalue weighted by Gasteiger charge is -2.06. The number of carbonyl (C=O) groups is 1. The van der Waals surface area contributed by atoms with E-state index in [0.29, 0.717) is 0 Å². The van der Waals surface area contributed by atoms with Gasteiger partial charge in [-0.15, -0.1) is 6.58 Å². The van der Waals surface area contributed by atoms with Crippen LogP contribution < -0.4 is 10.1 Å². The van der Waals surface area contributed by atoms with E-state index in [1.807, 2.05) is 0 Å². The molecule has 0 spiro atoms. The first kappa shape index (κ1) is 16.7. The Bertz CT molecular complexity index is 688. The van der Waals surface area contributed by atoms with Crippen LogP contribution in [0.5, 0.6) is 11.5 Å². The van der Waals surface area contributed by atoms with Crippen LogP contribution in [0.2, 0.25) is 0 Å². The van der Waals surface area contributed by atoms with Crippen molar-refractivity contribution in [3.05, 3.63) is 46.0 Å². The molecule has 0 unspecified atom stereocenters. The molecule has 2 N–H and O–H groups in total. The Hall–Kier alpha value is -3.34. The highest BCUT2D eigenvalue weighted by atomic mass is 16.6. The maximum absolute atomic E-state index is 11.7. The van der Waals surface area contributed by atoms with Gasteiger partial charge in [0, 0.05) is 12.6 Å². The largest absolute Gasteiger partial charge is 0.500 e. The highest BCUT2D eigenvalue weighted by Gasteiger charge is 2.20. The summed E-state index contributed by atoms with van der Waals surface area (Å²) in [7, 11) is 1.23. The fourth-order valence-electron chi connectivity index (χ4n) is 1.57. The molecule has 114 valence electrons. The van der Waals surface area contributed by atoms with Gasteiger partial charge in [-0.2, -0.15) is 5.26 Å². The lowest BCUT2D eigenvalue weighted by molar-refractivity contribution is -0.386. The number of methoxy groups -OCH3 is 1. The first-order valence-electron chi connectivity index (χ1n) is 6.00. The minimum Gasteiger partial charge on any atom is -0.500 e. The molecule has 0 aliphatic heterocycles. The van der Waals surface area contributed by atoms with E-state index in [0.717, 1.165) is 12.1 Å². The summed E-state index contributed by atoms with van der Waals surface area (Å²) in [5.41, 5.74) is -0.662. The van der Waals surface area contributed by atoms with Crippen LogP contribution in [0.3, 0.4) is 0 Å². The number of nitrogens with one attached hydrogen (secondary N) is 1. The van der Waals surface area contributed by atoms with Gasteiger partial charge in [0.25, 0.3) is 5.91 Å². The van der Waals surface area contributed by atoms with Crippen LogP contribution in [0.25, 0.3) is 6.08 Å². The zero-order valence-electron chi connectivity index (χ0n) is 11.7. The maximum atomic E-state index is 11.7. The van der Waals surface area contributed by atoms with E-state index in [1.165, 1.54) is 19.3 Å². The quantitative estimate of drug-likeness (QED) is 0.270. The Labute approximate surface area is 126 Å². The van der Waals surface area contributed by atoms with Gasteiger partial charge in [-0.25, -0.2) is 0 Å². The van der Waals surface area contributed by atoms with Crippen molar-refractivity contribution in [2.45, 2.75) is 0 Å². The van der Waals surface area contributed by atoms with E-state index in [2.05, 4.69) is 11.9 Å². The van der Waals surface area contributed by atoms with Gasteiger partial charge in [0.15, 0.2) is 5.75 Å². The number of amides is 1. The van der Waals surface area contributed by atoms with Crippen molar-refractivity contribution in [1.82, 2.24) is 5.32 Å².